The van der Waals surface area contributed by atoms with Crippen molar-refractivity contribution in [2.75, 3.05) is 0 Å². The van der Waals surface area contributed by atoms with Crippen LogP contribution in [0.25, 0.3) is 0 Å². The Kier molecular flexibility index (Phi) is 13.1. The van der Waals surface area contributed by atoms with Gasteiger partial charge in [0, 0.05) is 4.57 Å². The van der Waals surface area contributed by atoms with E-state index in [1.165, 1.54) is 48.5 Å². The first-order valence-electron chi connectivity index (χ1n) is 14.5. The average Bonchev–Trinajstić information content (AvgIpc) is 3.02. The second kappa shape index (κ2) is 17.0. The molecule has 0 saturated heterocycles. The lowest BCUT2D eigenvalue weighted by Gasteiger charge is -2.11. The van der Waals surface area contributed by atoms with Gasteiger partial charge in [-0.3, -0.25) is 9.11 Å². The van der Waals surface area contributed by atoms with Gasteiger partial charge in [0.1, 0.15) is 34.6 Å². The fourth-order valence-corrected chi connectivity index (χ4v) is 7.35. The van der Waals surface area contributed by atoms with Crippen LogP contribution in [0, 0.1) is 11.6 Å². The number of aryl methyl sites for hydroxylation is 2. The molecule has 2 unspecified atom stereocenters. The molecule has 0 aromatic heterocycles. The molecule has 2 N–H and O–H groups in total. The average molecular weight is 726 g/mol. The van der Waals surface area contributed by atoms with Gasteiger partial charge in [0.25, 0.3) is 20.2 Å². The van der Waals surface area contributed by atoms with Crippen LogP contribution in [0.2, 0.25) is 0 Å². The zero-order chi connectivity index (χ0) is 34.7. The predicted octanol–water partition coefficient (Wildman–Crippen LogP) is 8.01. The molecule has 0 fully saturated rings. The maximum absolute atomic E-state index is 13.1. The van der Waals surface area contributed by atoms with Gasteiger partial charge < -0.3 is 9.47 Å². The molecule has 0 heterocycles. The van der Waals surface area contributed by atoms with Crippen LogP contribution in [0.3, 0.4) is 0 Å². The lowest BCUT2D eigenvalue weighted by Crippen LogP contribution is -2.25. The van der Waals surface area contributed by atoms with E-state index in [0.717, 1.165) is 11.1 Å². The summed E-state index contributed by atoms with van der Waals surface area (Å²) >= 11 is 0. The van der Waals surface area contributed by atoms with Crippen molar-refractivity contribution in [3.63, 3.8) is 0 Å². The maximum atomic E-state index is 13.1. The summed E-state index contributed by atoms with van der Waals surface area (Å²) in [5.74, 6) is 0.870. The van der Waals surface area contributed by atoms with Gasteiger partial charge in [0.15, 0.2) is 0 Å². The predicted molar refractivity (Wildman–Crippen MR) is 172 cm³/mol. The van der Waals surface area contributed by atoms with Crippen molar-refractivity contribution in [2.45, 2.75) is 49.4 Å². The molecule has 0 spiro atoms. The first-order chi connectivity index (χ1) is 22.7. The Bertz CT molecular complexity index is 1750. The fourth-order valence-electron chi connectivity index (χ4n) is 4.48. The lowest BCUT2D eigenvalue weighted by molar-refractivity contribution is 0.170. The molecule has 0 aliphatic rings. The molecule has 0 amide bonds. The van der Waals surface area contributed by atoms with E-state index in [1.54, 1.807) is 48.5 Å². The molecular formula is C32H32F2O11PS2+. The molecule has 4 aromatic rings. The van der Waals surface area contributed by atoms with Crippen molar-refractivity contribution >= 4 is 28.5 Å². The minimum atomic E-state index is -4.90. The zero-order valence-corrected chi connectivity index (χ0v) is 27.8. The molecule has 256 valence electrons. The molecule has 0 aliphatic heterocycles. The first kappa shape index (κ1) is 37.0. The Morgan fingerprint density at radius 2 is 0.958 bits per heavy atom. The number of halogens is 2. The Morgan fingerprint density at radius 1 is 0.583 bits per heavy atom. The van der Waals surface area contributed by atoms with Crippen molar-refractivity contribution in [1.82, 2.24) is 0 Å². The summed E-state index contributed by atoms with van der Waals surface area (Å²) in [5, 5.41) is 0. The van der Waals surface area contributed by atoms with Crippen molar-refractivity contribution < 1.29 is 57.8 Å². The van der Waals surface area contributed by atoms with Gasteiger partial charge in [0.2, 0.25) is 10.9 Å². The van der Waals surface area contributed by atoms with E-state index in [1.807, 2.05) is 0 Å². The van der Waals surface area contributed by atoms with Crippen LogP contribution in [-0.2, 0) is 46.7 Å². The Morgan fingerprint density at radius 3 is 1.31 bits per heavy atom. The molecule has 0 saturated carbocycles. The van der Waals surface area contributed by atoms with Crippen LogP contribution in [0.15, 0.2) is 97.1 Å². The minimum absolute atomic E-state index is 0.124. The largest absolute Gasteiger partial charge is 0.700 e. The van der Waals surface area contributed by atoms with Crippen molar-refractivity contribution in [3.8, 4) is 23.0 Å². The fraction of sp³-hybridized carbons (Fsp3) is 0.250. The van der Waals surface area contributed by atoms with Gasteiger partial charge in [-0.25, -0.2) is 8.78 Å². The van der Waals surface area contributed by atoms with Crippen LogP contribution >= 0.6 is 8.25 Å². The Labute approximate surface area is 277 Å². The summed E-state index contributed by atoms with van der Waals surface area (Å²) in [7, 11) is -13.2. The maximum Gasteiger partial charge on any atom is 0.700 e. The molecular weight excluding hydrogens is 693 g/mol. The molecule has 11 nitrogen and oxygen atoms in total. The van der Waals surface area contributed by atoms with Crippen LogP contribution in [0.1, 0.15) is 36.8 Å². The van der Waals surface area contributed by atoms with Crippen molar-refractivity contribution in [3.05, 3.63) is 120 Å². The second-order valence-electron chi connectivity index (χ2n) is 10.5. The molecule has 0 radical (unpaired) electrons. The van der Waals surface area contributed by atoms with Crippen molar-refractivity contribution in [1.29, 1.82) is 0 Å². The first-order valence-corrected chi connectivity index (χ1v) is 18.6. The third-order valence-electron chi connectivity index (χ3n) is 6.78. The third kappa shape index (κ3) is 12.3. The number of hydrogen-bond donors (Lipinski definition) is 2. The highest BCUT2D eigenvalue weighted by molar-refractivity contribution is 7.86. The normalized spacial score (nSPS) is 13.5. The van der Waals surface area contributed by atoms with Gasteiger partial charge in [-0.05, 0) is 122 Å². The van der Waals surface area contributed by atoms with Gasteiger partial charge in [-0.1, -0.05) is 33.3 Å². The smallest absolute Gasteiger partial charge is 0.457 e. The van der Waals surface area contributed by atoms with Crippen LogP contribution in [-0.4, -0.2) is 36.8 Å². The van der Waals surface area contributed by atoms with E-state index in [-0.39, 0.29) is 38.5 Å². The van der Waals surface area contributed by atoms with E-state index < -0.39 is 51.0 Å². The number of benzene rings is 4. The summed E-state index contributed by atoms with van der Waals surface area (Å²) in [6.07, 6.45) is 0.159. The van der Waals surface area contributed by atoms with E-state index in [2.05, 4.69) is 0 Å². The molecule has 16 heteroatoms. The zero-order valence-electron chi connectivity index (χ0n) is 25.2. The number of hydrogen-bond acceptors (Lipinski definition) is 9. The molecule has 4 rings (SSSR count). The third-order valence-corrected chi connectivity index (χ3v) is 9.91. The standard InChI is InChI=1S/C32H31F2O11PS2/c33-25-13-17-27(18-14-25)42-29-9-1-5-23(21-29)7-3-11-31(47(36,37)38)44-46(35)45-32(48(39,40)41)12-4-8-24-6-2-10-30(22-24)43-28-19-15-26(34)16-20-28/h1-2,5-6,9-10,13-22,31-32H,3-4,7-8,11-12H2,(H-,36,37,38,39,40,41)/p+1. The van der Waals surface area contributed by atoms with Crippen LogP contribution in [0.5, 0.6) is 23.0 Å². The topological polar surface area (TPSA) is 163 Å². The summed E-state index contributed by atoms with van der Waals surface area (Å²) in [6, 6.07) is 24.4. The molecule has 4 aromatic carbocycles. The molecule has 48 heavy (non-hydrogen) atoms. The van der Waals surface area contributed by atoms with Gasteiger partial charge in [0.05, 0.1) is 0 Å². The highest BCUT2D eigenvalue weighted by Gasteiger charge is 2.41. The molecule has 2 atom stereocenters. The Hall–Kier alpha value is -3.82. The lowest BCUT2D eigenvalue weighted by atomic mass is 10.1. The van der Waals surface area contributed by atoms with Crippen molar-refractivity contribution in [2.24, 2.45) is 0 Å². The van der Waals surface area contributed by atoms with Gasteiger partial charge in [-0.2, -0.15) is 16.8 Å². The Balaban J connectivity index is 1.29. The number of rotatable bonds is 18. The van der Waals surface area contributed by atoms with E-state index in [4.69, 9.17) is 18.5 Å². The second-order valence-corrected chi connectivity index (χ2v) is 14.5. The SMILES string of the molecule is O=[P+](OC(CCCc1cccc(Oc2ccc(F)cc2)c1)S(=O)(=O)O)OC(CCCc1cccc(Oc2ccc(F)cc2)c1)S(=O)(=O)O. The molecule has 0 bridgehead atoms. The van der Waals surface area contributed by atoms with E-state index in [9.17, 15) is 39.3 Å². The summed E-state index contributed by atoms with van der Waals surface area (Å²) in [6.45, 7) is 0. The summed E-state index contributed by atoms with van der Waals surface area (Å²) in [4.78, 5) is 0. The highest BCUT2D eigenvalue weighted by atomic mass is 32.2. The quantitative estimate of drug-likeness (QED) is 0.0755. The van der Waals surface area contributed by atoms with Crippen LogP contribution in [0.4, 0.5) is 8.78 Å². The summed E-state index contributed by atoms with van der Waals surface area (Å²) < 4.78 is 127. The minimum Gasteiger partial charge on any atom is -0.457 e. The van der Waals surface area contributed by atoms with Gasteiger partial charge >= 0.3 is 8.25 Å². The van der Waals surface area contributed by atoms with Crippen LogP contribution < -0.4 is 9.47 Å². The van der Waals surface area contributed by atoms with Gasteiger partial charge in [-0.15, -0.1) is 0 Å². The summed E-state index contributed by atoms with van der Waals surface area (Å²) in [5.41, 5.74) is -2.57. The number of ether oxygens (including phenoxy) is 2. The van der Waals surface area contributed by atoms with E-state index >= 15 is 0 Å². The monoisotopic (exact) mass is 725 g/mol. The van der Waals surface area contributed by atoms with E-state index in [0.29, 0.717) is 23.0 Å². The highest BCUT2D eigenvalue weighted by Crippen LogP contribution is 2.34. The molecule has 0 aliphatic carbocycles.